The second-order valence-corrected chi connectivity index (χ2v) is 5.56. The van der Waals surface area contributed by atoms with Gasteiger partial charge in [0.05, 0.1) is 24.9 Å². The first-order valence-corrected chi connectivity index (χ1v) is 8.16. The standard InChI is InChI=1S/C16H23N5O2/c1-2-5-15-19-16(20-23-15)18-12-14(13-6-3-4-7-17-13)21-8-10-22-11-9-21/h3-4,6-7,14H,2,5,8-12H2,1H3,(H,18,20). The lowest BCUT2D eigenvalue weighted by Gasteiger charge is -2.34. The van der Waals surface area contributed by atoms with Crippen molar-refractivity contribution in [1.82, 2.24) is 20.0 Å². The Morgan fingerprint density at radius 2 is 2.17 bits per heavy atom. The summed E-state index contributed by atoms with van der Waals surface area (Å²) in [6.07, 6.45) is 3.63. The molecule has 23 heavy (non-hydrogen) atoms. The fraction of sp³-hybridized carbons (Fsp3) is 0.562. The summed E-state index contributed by atoms with van der Waals surface area (Å²) < 4.78 is 10.7. The Morgan fingerprint density at radius 1 is 1.30 bits per heavy atom. The molecule has 1 aliphatic rings. The predicted octanol–water partition coefficient (Wildman–Crippen LogP) is 1.90. The van der Waals surface area contributed by atoms with Crippen LogP contribution in [0.5, 0.6) is 0 Å². The molecule has 1 saturated heterocycles. The summed E-state index contributed by atoms with van der Waals surface area (Å²) in [5.74, 6) is 1.22. The van der Waals surface area contributed by atoms with Gasteiger partial charge in [-0.2, -0.15) is 4.98 Å². The normalized spacial score (nSPS) is 17.1. The van der Waals surface area contributed by atoms with Crippen molar-refractivity contribution < 1.29 is 9.26 Å². The molecule has 0 amide bonds. The number of aromatic nitrogens is 3. The van der Waals surface area contributed by atoms with E-state index in [1.54, 1.807) is 0 Å². The maximum absolute atomic E-state index is 5.46. The predicted molar refractivity (Wildman–Crippen MR) is 86.2 cm³/mol. The van der Waals surface area contributed by atoms with E-state index in [1.165, 1.54) is 0 Å². The summed E-state index contributed by atoms with van der Waals surface area (Å²) in [6.45, 7) is 6.08. The van der Waals surface area contributed by atoms with Gasteiger partial charge < -0.3 is 14.6 Å². The second-order valence-electron chi connectivity index (χ2n) is 5.56. The topological polar surface area (TPSA) is 76.3 Å². The van der Waals surface area contributed by atoms with Crippen molar-refractivity contribution in [3.05, 3.63) is 36.0 Å². The number of rotatable bonds is 7. The van der Waals surface area contributed by atoms with E-state index in [1.807, 2.05) is 18.3 Å². The Balaban J connectivity index is 1.67. The molecule has 3 rings (SSSR count). The number of hydrogen-bond donors (Lipinski definition) is 1. The summed E-state index contributed by atoms with van der Waals surface area (Å²) in [5, 5.41) is 7.27. The molecule has 1 N–H and O–H groups in total. The molecule has 0 spiro atoms. The fourth-order valence-corrected chi connectivity index (χ4v) is 2.71. The molecular weight excluding hydrogens is 294 g/mol. The molecule has 7 nitrogen and oxygen atoms in total. The summed E-state index contributed by atoms with van der Waals surface area (Å²) in [4.78, 5) is 11.3. The molecule has 0 aliphatic carbocycles. The van der Waals surface area contributed by atoms with Crippen molar-refractivity contribution in [3.8, 4) is 0 Å². The smallest absolute Gasteiger partial charge is 0.263 e. The molecule has 0 bridgehead atoms. The minimum Gasteiger partial charge on any atom is -0.379 e. The van der Waals surface area contributed by atoms with Crippen molar-refractivity contribution >= 4 is 5.95 Å². The first kappa shape index (κ1) is 15.9. The molecule has 0 radical (unpaired) electrons. The minimum absolute atomic E-state index is 0.160. The molecule has 2 aromatic heterocycles. The van der Waals surface area contributed by atoms with Crippen LogP contribution in [-0.2, 0) is 11.2 Å². The first-order chi connectivity index (χ1) is 11.4. The third kappa shape index (κ3) is 4.27. The van der Waals surface area contributed by atoms with E-state index in [9.17, 15) is 0 Å². The number of anilines is 1. The van der Waals surface area contributed by atoms with Crippen LogP contribution in [0.25, 0.3) is 0 Å². The average molecular weight is 317 g/mol. The third-order valence-electron chi connectivity index (χ3n) is 3.90. The monoisotopic (exact) mass is 317 g/mol. The van der Waals surface area contributed by atoms with Crippen LogP contribution in [-0.4, -0.2) is 52.9 Å². The summed E-state index contributed by atoms with van der Waals surface area (Å²) in [5.41, 5.74) is 1.04. The van der Waals surface area contributed by atoms with E-state index < -0.39 is 0 Å². The molecule has 0 saturated carbocycles. The third-order valence-corrected chi connectivity index (χ3v) is 3.90. The quantitative estimate of drug-likeness (QED) is 0.835. The number of nitrogens with one attached hydrogen (secondary N) is 1. The molecule has 1 fully saturated rings. The Kier molecular flexibility index (Phi) is 5.55. The van der Waals surface area contributed by atoms with Crippen molar-refractivity contribution in [2.75, 3.05) is 38.2 Å². The van der Waals surface area contributed by atoms with Gasteiger partial charge >= 0.3 is 0 Å². The number of ether oxygens (including phenoxy) is 1. The van der Waals surface area contributed by atoms with Gasteiger partial charge in [-0.15, -0.1) is 0 Å². The molecule has 1 aliphatic heterocycles. The van der Waals surface area contributed by atoms with Gasteiger partial charge in [0.25, 0.3) is 5.95 Å². The highest BCUT2D eigenvalue weighted by molar-refractivity contribution is 5.23. The molecule has 1 atom stereocenters. The molecule has 124 valence electrons. The van der Waals surface area contributed by atoms with Crippen LogP contribution in [0, 0.1) is 0 Å². The van der Waals surface area contributed by atoms with Crippen LogP contribution in [0.3, 0.4) is 0 Å². The maximum atomic E-state index is 5.46. The average Bonchev–Trinajstić information content (AvgIpc) is 3.05. The van der Waals surface area contributed by atoms with E-state index in [-0.39, 0.29) is 6.04 Å². The van der Waals surface area contributed by atoms with E-state index in [0.717, 1.165) is 44.8 Å². The molecule has 1 unspecified atom stereocenters. The van der Waals surface area contributed by atoms with E-state index in [0.29, 0.717) is 18.4 Å². The van der Waals surface area contributed by atoms with Crippen molar-refractivity contribution in [3.63, 3.8) is 0 Å². The van der Waals surface area contributed by atoms with Gasteiger partial charge in [-0.3, -0.25) is 9.88 Å². The summed E-state index contributed by atoms with van der Waals surface area (Å²) in [7, 11) is 0. The van der Waals surface area contributed by atoms with E-state index in [2.05, 4.69) is 38.3 Å². The number of hydrogen-bond acceptors (Lipinski definition) is 7. The lowest BCUT2D eigenvalue weighted by atomic mass is 10.1. The molecular formula is C16H23N5O2. The zero-order valence-electron chi connectivity index (χ0n) is 13.4. The second kappa shape index (κ2) is 8.03. The zero-order valence-corrected chi connectivity index (χ0v) is 13.4. The van der Waals surface area contributed by atoms with Gasteiger partial charge in [-0.25, -0.2) is 0 Å². The van der Waals surface area contributed by atoms with Gasteiger partial charge in [0.1, 0.15) is 0 Å². The molecule has 3 heterocycles. The maximum Gasteiger partial charge on any atom is 0.263 e. The Bertz CT molecular complexity index is 583. The SMILES string of the molecule is CCCc1nc(NCC(c2ccccn2)N2CCOCC2)no1. The lowest BCUT2D eigenvalue weighted by molar-refractivity contribution is 0.0178. The van der Waals surface area contributed by atoms with Crippen LogP contribution in [0.4, 0.5) is 5.95 Å². The Morgan fingerprint density at radius 3 is 2.91 bits per heavy atom. The largest absolute Gasteiger partial charge is 0.379 e. The molecule has 2 aromatic rings. The highest BCUT2D eigenvalue weighted by Gasteiger charge is 2.24. The number of morpholine rings is 1. The van der Waals surface area contributed by atoms with E-state index in [4.69, 9.17) is 9.26 Å². The molecule has 0 aromatic carbocycles. The van der Waals surface area contributed by atoms with Gasteiger partial charge in [-0.05, 0) is 23.7 Å². The van der Waals surface area contributed by atoms with Crippen LogP contribution < -0.4 is 5.32 Å². The van der Waals surface area contributed by atoms with Gasteiger partial charge in [0.15, 0.2) is 0 Å². The van der Waals surface area contributed by atoms with Crippen molar-refractivity contribution in [1.29, 1.82) is 0 Å². The van der Waals surface area contributed by atoms with Crippen LogP contribution in [0.1, 0.15) is 31.0 Å². The van der Waals surface area contributed by atoms with Gasteiger partial charge in [0.2, 0.25) is 5.89 Å². The van der Waals surface area contributed by atoms with Crippen LogP contribution in [0.2, 0.25) is 0 Å². The fourth-order valence-electron chi connectivity index (χ4n) is 2.71. The highest BCUT2D eigenvalue weighted by Crippen LogP contribution is 2.20. The minimum atomic E-state index is 0.160. The zero-order chi connectivity index (χ0) is 15.9. The molecule has 7 heteroatoms. The highest BCUT2D eigenvalue weighted by atomic mass is 16.5. The summed E-state index contributed by atoms with van der Waals surface area (Å²) in [6, 6.07) is 6.17. The number of pyridine rings is 1. The van der Waals surface area contributed by atoms with Crippen LogP contribution in [0.15, 0.2) is 28.9 Å². The van der Waals surface area contributed by atoms with Crippen molar-refractivity contribution in [2.45, 2.75) is 25.8 Å². The van der Waals surface area contributed by atoms with E-state index >= 15 is 0 Å². The first-order valence-electron chi connectivity index (χ1n) is 8.16. The number of aryl methyl sites for hydroxylation is 1. The lowest BCUT2D eigenvalue weighted by Crippen LogP contribution is -2.41. The van der Waals surface area contributed by atoms with Gasteiger partial charge in [0, 0.05) is 32.3 Å². The van der Waals surface area contributed by atoms with Gasteiger partial charge in [-0.1, -0.05) is 13.0 Å². The van der Waals surface area contributed by atoms with Crippen molar-refractivity contribution in [2.24, 2.45) is 0 Å². The number of nitrogens with zero attached hydrogens (tertiary/aromatic N) is 4. The Hall–Kier alpha value is -1.99. The Labute approximate surface area is 136 Å². The summed E-state index contributed by atoms with van der Waals surface area (Å²) >= 11 is 0. The van der Waals surface area contributed by atoms with Crippen LogP contribution >= 0.6 is 0 Å².